The van der Waals surface area contributed by atoms with E-state index in [1.54, 1.807) is 17.0 Å². The van der Waals surface area contributed by atoms with Crippen LogP contribution in [-0.2, 0) is 32.6 Å². The molecule has 218 valence electrons. The third-order valence-electron chi connectivity index (χ3n) is 7.38. The number of sulfonamides is 1. The highest BCUT2D eigenvalue weighted by atomic mass is 79.9. The molecule has 1 heterocycles. The average molecular weight is 649 g/mol. The zero-order valence-corrected chi connectivity index (χ0v) is 26.1. The lowest BCUT2D eigenvalue weighted by Crippen LogP contribution is -2.51. The second kappa shape index (κ2) is 12.7. The highest BCUT2D eigenvalue weighted by Crippen LogP contribution is 2.42. The van der Waals surface area contributed by atoms with Gasteiger partial charge < -0.3 is 10.2 Å². The first-order valence-electron chi connectivity index (χ1n) is 14.1. The van der Waals surface area contributed by atoms with Crippen LogP contribution in [-0.4, -0.2) is 43.8 Å². The van der Waals surface area contributed by atoms with Gasteiger partial charge in [0, 0.05) is 41.8 Å². The average Bonchev–Trinajstić information content (AvgIpc) is 3.18. The van der Waals surface area contributed by atoms with Gasteiger partial charge in [-0.3, -0.25) is 13.9 Å². The van der Waals surface area contributed by atoms with Gasteiger partial charge in [-0.05, 0) is 61.0 Å². The number of nitrogens with one attached hydrogen (secondary N) is 1. The molecule has 5 rings (SSSR count). The molecule has 1 N–H and O–H groups in total. The highest BCUT2D eigenvalue weighted by Gasteiger charge is 2.36. The van der Waals surface area contributed by atoms with Crippen molar-refractivity contribution in [3.05, 3.63) is 107 Å². The van der Waals surface area contributed by atoms with Crippen molar-refractivity contribution in [3.8, 4) is 0 Å². The molecule has 1 atom stereocenters. The fourth-order valence-electron chi connectivity index (χ4n) is 5.48. The molecule has 0 unspecified atom stereocenters. The number of halogens is 1. The van der Waals surface area contributed by atoms with E-state index in [-0.39, 0.29) is 37.4 Å². The zero-order valence-electron chi connectivity index (χ0n) is 23.7. The Hall–Kier alpha value is -3.69. The summed E-state index contributed by atoms with van der Waals surface area (Å²) in [6.45, 7) is 4.20. The molecule has 0 aromatic heterocycles. The number of nitrogens with zero attached hydrogens (tertiary/aromatic N) is 2. The van der Waals surface area contributed by atoms with Crippen LogP contribution in [0.5, 0.6) is 0 Å². The minimum absolute atomic E-state index is 0.0899. The van der Waals surface area contributed by atoms with Crippen LogP contribution in [0.15, 0.2) is 100 Å². The maximum Gasteiger partial charge on any atom is 0.265 e. The maximum atomic E-state index is 14.0. The topological polar surface area (TPSA) is 86.8 Å². The van der Waals surface area contributed by atoms with Gasteiger partial charge in [0.15, 0.2) is 0 Å². The van der Waals surface area contributed by atoms with Crippen molar-refractivity contribution in [3.63, 3.8) is 0 Å². The van der Waals surface area contributed by atoms with Crippen molar-refractivity contribution in [2.75, 3.05) is 10.8 Å². The van der Waals surface area contributed by atoms with E-state index in [0.29, 0.717) is 23.4 Å². The van der Waals surface area contributed by atoms with Gasteiger partial charge in [-0.25, -0.2) is 8.42 Å². The third kappa shape index (κ3) is 6.37. The molecular weight excluding hydrogens is 614 g/mol. The highest BCUT2D eigenvalue weighted by molar-refractivity contribution is 9.10. The second-order valence-corrected chi connectivity index (χ2v) is 13.6. The van der Waals surface area contributed by atoms with Crippen LogP contribution >= 0.6 is 15.9 Å². The van der Waals surface area contributed by atoms with Crippen LogP contribution in [0.2, 0.25) is 0 Å². The van der Waals surface area contributed by atoms with Gasteiger partial charge in [0.05, 0.1) is 10.6 Å². The Kier molecular flexibility index (Phi) is 8.99. The molecule has 0 spiro atoms. The van der Waals surface area contributed by atoms with Crippen molar-refractivity contribution in [1.29, 1.82) is 0 Å². The Balaban J connectivity index is 1.40. The van der Waals surface area contributed by atoms with Gasteiger partial charge >= 0.3 is 0 Å². The Morgan fingerprint density at radius 2 is 1.60 bits per heavy atom. The molecule has 0 bridgehead atoms. The summed E-state index contributed by atoms with van der Waals surface area (Å²) in [6, 6.07) is 27.4. The van der Waals surface area contributed by atoms with E-state index < -0.39 is 16.1 Å². The van der Waals surface area contributed by atoms with Crippen LogP contribution in [0.1, 0.15) is 37.8 Å². The van der Waals surface area contributed by atoms with Gasteiger partial charge in [-0.1, -0.05) is 82.7 Å². The monoisotopic (exact) mass is 647 g/mol. The first kappa shape index (κ1) is 29.8. The van der Waals surface area contributed by atoms with Gasteiger partial charge in [0.2, 0.25) is 11.8 Å². The van der Waals surface area contributed by atoms with Gasteiger partial charge in [-0.15, -0.1) is 0 Å². The normalized spacial score (nSPS) is 14.2. The number of anilines is 1. The minimum Gasteiger partial charge on any atom is -0.352 e. The molecule has 7 nitrogen and oxygen atoms in total. The number of carbonyl (C=O) groups excluding carboxylic acids is 2. The molecule has 0 fully saturated rings. The number of hydrogen-bond donors (Lipinski definition) is 1. The third-order valence-corrected chi connectivity index (χ3v) is 9.73. The molecule has 9 heteroatoms. The van der Waals surface area contributed by atoms with Crippen molar-refractivity contribution in [2.24, 2.45) is 0 Å². The Bertz CT molecular complexity index is 1700. The van der Waals surface area contributed by atoms with E-state index in [2.05, 4.69) is 21.2 Å². The Labute approximate surface area is 255 Å². The number of hydrogen-bond acceptors (Lipinski definition) is 4. The summed E-state index contributed by atoms with van der Waals surface area (Å²) in [5.74, 6) is -0.427. The summed E-state index contributed by atoms with van der Waals surface area (Å²) < 4.78 is 29.1. The minimum atomic E-state index is -3.71. The van der Waals surface area contributed by atoms with Gasteiger partial charge in [0.1, 0.15) is 6.04 Å². The predicted molar refractivity (Wildman–Crippen MR) is 170 cm³/mol. The number of benzene rings is 4. The van der Waals surface area contributed by atoms with E-state index in [4.69, 9.17) is 0 Å². The first-order chi connectivity index (χ1) is 20.1. The number of rotatable bonds is 11. The molecule has 1 aliphatic rings. The predicted octanol–water partition coefficient (Wildman–Crippen LogP) is 6.06. The lowest BCUT2D eigenvalue weighted by atomic mass is 10.0. The van der Waals surface area contributed by atoms with Crippen LogP contribution < -0.4 is 9.62 Å². The van der Waals surface area contributed by atoms with E-state index >= 15 is 0 Å². The molecule has 4 aromatic rings. The van der Waals surface area contributed by atoms with Gasteiger partial charge in [-0.2, -0.15) is 0 Å². The van der Waals surface area contributed by atoms with E-state index in [1.165, 1.54) is 4.31 Å². The first-order valence-corrected chi connectivity index (χ1v) is 16.3. The molecule has 1 aliphatic heterocycles. The SMILES string of the molecule is CC(C)NC(=O)[C@@H](Cc1ccccc1)N(Cc1cccc(Br)c1)C(=O)CCCN1c2cccc3cccc(c23)S1(=O)=O. The van der Waals surface area contributed by atoms with Crippen molar-refractivity contribution in [2.45, 2.75) is 56.6 Å². The molecule has 4 aromatic carbocycles. The van der Waals surface area contributed by atoms with E-state index in [9.17, 15) is 18.0 Å². The smallest absolute Gasteiger partial charge is 0.265 e. The molecular formula is C33H34BrN3O4S. The fraction of sp³-hybridized carbons (Fsp3) is 0.273. The second-order valence-electron chi connectivity index (χ2n) is 10.8. The summed E-state index contributed by atoms with van der Waals surface area (Å²) in [4.78, 5) is 29.5. The van der Waals surface area contributed by atoms with E-state index in [0.717, 1.165) is 26.4 Å². The summed E-state index contributed by atoms with van der Waals surface area (Å²) in [5.41, 5.74) is 2.47. The lowest BCUT2D eigenvalue weighted by molar-refractivity contribution is -0.141. The molecule has 42 heavy (non-hydrogen) atoms. The van der Waals surface area contributed by atoms with Crippen LogP contribution in [0.25, 0.3) is 10.8 Å². The standard InChI is InChI=1S/C33H34BrN3O4S/c1-23(2)35-33(39)29(21-24-10-4-3-5-11-24)36(22-25-12-6-15-27(34)20-25)31(38)18-9-19-37-28-16-7-13-26-14-8-17-30(32(26)28)42(37,40)41/h3-8,10-17,20,23,29H,9,18-19,21-22H2,1-2H3,(H,35,39)/t29-/m1/s1. The largest absolute Gasteiger partial charge is 0.352 e. The molecule has 0 saturated carbocycles. The molecule has 2 amide bonds. The Morgan fingerprint density at radius 3 is 2.31 bits per heavy atom. The maximum absolute atomic E-state index is 14.0. The summed E-state index contributed by atoms with van der Waals surface area (Å²) in [5, 5.41) is 4.59. The fourth-order valence-corrected chi connectivity index (χ4v) is 7.68. The van der Waals surface area contributed by atoms with Gasteiger partial charge in [0.25, 0.3) is 10.0 Å². The lowest BCUT2D eigenvalue weighted by Gasteiger charge is -2.32. The summed E-state index contributed by atoms with van der Waals surface area (Å²) >= 11 is 3.51. The summed E-state index contributed by atoms with van der Waals surface area (Å²) in [6.07, 6.45) is 0.755. The van der Waals surface area contributed by atoms with Crippen LogP contribution in [0, 0.1) is 0 Å². The summed E-state index contributed by atoms with van der Waals surface area (Å²) in [7, 11) is -3.71. The van der Waals surface area contributed by atoms with Crippen molar-refractivity contribution in [1.82, 2.24) is 10.2 Å². The van der Waals surface area contributed by atoms with Crippen molar-refractivity contribution >= 4 is 54.2 Å². The van der Waals surface area contributed by atoms with Crippen molar-refractivity contribution < 1.29 is 18.0 Å². The molecule has 0 saturated heterocycles. The Morgan fingerprint density at radius 1 is 0.905 bits per heavy atom. The molecule has 0 aliphatic carbocycles. The van der Waals surface area contributed by atoms with Crippen LogP contribution in [0.4, 0.5) is 5.69 Å². The number of carbonyl (C=O) groups is 2. The van der Waals surface area contributed by atoms with Crippen LogP contribution in [0.3, 0.4) is 0 Å². The van der Waals surface area contributed by atoms with E-state index in [1.807, 2.05) is 92.7 Å². The quantitative estimate of drug-likeness (QED) is 0.215. The molecule has 0 radical (unpaired) electrons. The number of amides is 2. The zero-order chi connectivity index (χ0) is 29.9.